The summed E-state index contributed by atoms with van der Waals surface area (Å²) in [5.41, 5.74) is 5.48. The topological polar surface area (TPSA) is 59.2 Å². The molecule has 0 bridgehead atoms. The molecular formula is C9H16ClN3OS. The summed E-state index contributed by atoms with van der Waals surface area (Å²) in [5, 5.41) is 2.98. The number of nitrogens with zero attached hydrogens (tertiary/aromatic N) is 2. The van der Waals surface area contributed by atoms with Gasteiger partial charge in [0.2, 0.25) is 5.91 Å². The third kappa shape index (κ3) is 4.59. The van der Waals surface area contributed by atoms with Gasteiger partial charge in [-0.3, -0.25) is 4.79 Å². The van der Waals surface area contributed by atoms with Gasteiger partial charge in [-0.2, -0.15) is 0 Å². The lowest BCUT2D eigenvalue weighted by molar-refractivity contribution is -0.130. The number of hydrogen-bond donors (Lipinski definition) is 1. The van der Waals surface area contributed by atoms with E-state index < -0.39 is 6.04 Å². The van der Waals surface area contributed by atoms with Crippen molar-refractivity contribution < 1.29 is 4.79 Å². The highest BCUT2D eigenvalue weighted by Gasteiger charge is 2.12. The first-order valence-electron chi connectivity index (χ1n) is 4.50. The predicted molar refractivity (Wildman–Crippen MR) is 64.4 cm³/mol. The fraction of sp³-hybridized carbons (Fsp3) is 0.556. The molecule has 1 heterocycles. The van der Waals surface area contributed by atoms with Gasteiger partial charge in [-0.25, -0.2) is 4.98 Å². The summed E-state index contributed by atoms with van der Waals surface area (Å²) in [4.78, 5) is 17.2. The van der Waals surface area contributed by atoms with Crippen LogP contribution < -0.4 is 5.73 Å². The summed E-state index contributed by atoms with van der Waals surface area (Å²) in [7, 11) is 1.76. The lowest BCUT2D eigenvalue weighted by atomic mass is 10.3. The smallest absolute Gasteiger partial charge is 0.238 e. The van der Waals surface area contributed by atoms with Crippen molar-refractivity contribution in [3.8, 4) is 0 Å². The maximum atomic E-state index is 11.4. The molecule has 1 atom stereocenters. The van der Waals surface area contributed by atoms with Crippen LogP contribution in [-0.2, 0) is 11.2 Å². The monoisotopic (exact) mass is 249 g/mol. The molecule has 0 unspecified atom stereocenters. The minimum absolute atomic E-state index is 0. The van der Waals surface area contributed by atoms with Crippen molar-refractivity contribution in [1.82, 2.24) is 9.88 Å². The van der Waals surface area contributed by atoms with Crippen LogP contribution in [0.15, 0.2) is 11.6 Å². The van der Waals surface area contributed by atoms with Crippen LogP contribution in [0.2, 0.25) is 0 Å². The Morgan fingerprint density at radius 1 is 1.73 bits per heavy atom. The van der Waals surface area contributed by atoms with Gasteiger partial charge < -0.3 is 10.6 Å². The van der Waals surface area contributed by atoms with Gasteiger partial charge in [0, 0.05) is 31.6 Å². The second kappa shape index (κ2) is 6.76. The summed E-state index contributed by atoms with van der Waals surface area (Å²) in [6.07, 6.45) is 2.57. The van der Waals surface area contributed by atoms with Crippen molar-refractivity contribution in [2.75, 3.05) is 13.6 Å². The number of amides is 1. The molecule has 0 aliphatic rings. The van der Waals surface area contributed by atoms with Gasteiger partial charge in [-0.15, -0.1) is 23.7 Å². The Morgan fingerprint density at radius 2 is 2.40 bits per heavy atom. The van der Waals surface area contributed by atoms with E-state index in [4.69, 9.17) is 5.73 Å². The number of rotatable bonds is 4. The molecule has 0 aromatic carbocycles. The van der Waals surface area contributed by atoms with Crippen molar-refractivity contribution in [2.24, 2.45) is 5.73 Å². The Bertz CT molecular complexity index is 290. The van der Waals surface area contributed by atoms with Crippen LogP contribution in [0.1, 0.15) is 11.9 Å². The van der Waals surface area contributed by atoms with E-state index in [2.05, 4.69) is 4.98 Å². The second-order valence-corrected chi connectivity index (χ2v) is 4.20. The molecule has 0 saturated heterocycles. The van der Waals surface area contributed by atoms with E-state index >= 15 is 0 Å². The molecule has 0 fully saturated rings. The van der Waals surface area contributed by atoms with Crippen LogP contribution in [0, 0.1) is 0 Å². The molecule has 1 aromatic heterocycles. The van der Waals surface area contributed by atoms with Crippen LogP contribution in [0.25, 0.3) is 0 Å². The van der Waals surface area contributed by atoms with E-state index in [1.807, 2.05) is 5.38 Å². The minimum atomic E-state index is -0.420. The van der Waals surface area contributed by atoms with E-state index in [0.29, 0.717) is 6.54 Å². The van der Waals surface area contributed by atoms with E-state index in [1.165, 1.54) is 0 Å². The molecule has 0 radical (unpaired) electrons. The number of likely N-dealkylation sites (N-methyl/N-ethyl adjacent to an activating group) is 1. The van der Waals surface area contributed by atoms with Crippen LogP contribution in [-0.4, -0.2) is 35.4 Å². The third-order valence-corrected chi connectivity index (χ3v) is 2.75. The number of hydrogen-bond acceptors (Lipinski definition) is 4. The van der Waals surface area contributed by atoms with Gasteiger partial charge >= 0.3 is 0 Å². The highest BCUT2D eigenvalue weighted by Crippen LogP contribution is 2.05. The first-order valence-corrected chi connectivity index (χ1v) is 5.38. The zero-order valence-electron chi connectivity index (χ0n) is 8.84. The number of aromatic nitrogens is 1. The Hall–Kier alpha value is -0.650. The van der Waals surface area contributed by atoms with Gasteiger partial charge in [-0.1, -0.05) is 0 Å². The zero-order chi connectivity index (χ0) is 10.6. The average molecular weight is 250 g/mol. The van der Waals surface area contributed by atoms with Crippen molar-refractivity contribution in [1.29, 1.82) is 0 Å². The Labute approximate surface area is 99.9 Å². The highest BCUT2D eigenvalue weighted by atomic mass is 35.5. The molecule has 15 heavy (non-hydrogen) atoms. The van der Waals surface area contributed by atoms with Gasteiger partial charge in [0.05, 0.1) is 11.0 Å². The number of nitrogens with two attached hydrogens (primary N) is 1. The van der Waals surface area contributed by atoms with Crippen molar-refractivity contribution in [2.45, 2.75) is 19.4 Å². The molecule has 1 amide bonds. The average Bonchev–Trinajstić information content (AvgIpc) is 2.65. The highest BCUT2D eigenvalue weighted by molar-refractivity contribution is 7.09. The van der Waals surface area contributed by atoms with Crippen LogP contribution >= 0.6 is 23.7 Å². The van der Waals surface area contributed by atoms with Gasteiger partial charge in [0.1, 0.15) is 0 Å². The molecule has 0 spiro atoms. The number of carbonyl (C=O) groups is 1. The maximum absolute atomic E-state index is 11.4. The summed E-state index contributed by atoms with van der Waals surface area (Å²) in [6.45, 7) is 2.37. The SMILES string of the molecule is C[C@@H](N)C(=O)N(C)CCc1nccs1.Cl. The number of thiazole rings is 1. The Morgan fingerprint density at radius 3 is 2.87 bits per heavy atom. The Balaban J connectivity index is 0.00000196. The standard InChI is InChI=1S/C9H15N3OS.ClH/c1-7(10)9(13)12(2)5-3-8-11-4-6-14-8;/h4,6-7H,3,5,10H2,1-2H3;1H/t7-;/m1./s1. The molecule has 86 valence electrons. The third-order valence-electron chi connectivity index (χ3n) is 1.91. The summed E-state index contributed by atoms with van der Waals surface area (Å²) in [5.74, 6) is -0.0263. The fourth-order valence-electron chi connectivity index (χ4n) is 1.10. The van der Waals surface area contributed by atoms with Gasteiger partial charge in [-0.05, 0) is 6.92 Å². The molecule has 4 nitrogen and oxygen atoms in total. The molecule has 2 N–H and O–H groups in total. The lowest BCUT2D eigenvalue weighted by Crippen LogP contribution is -2.40. The van der Waals surface area contributed by atoms with Gasteiger partial charge in [0.15, 0.2) is 0 Å². The molecular weight excluding hydrogens is 234 g/mol. The second-order valence-electron chi connectivity index (χ2n) is 3.22. The Kier molecular flexibility index (Phi) is 6.47. The zero-order valence-corrected chi connectivity index (χ0v) is 10.5. The van der Waals surface area contributed by atoms with Crippen LogP contribution in [0.5, 0.6) is 0 Å². The minimum Gasteiger partial charge on any atom is -0.344 e. The van der Waals surface area contributed by atoms with Crippen molar-refractivity contribution >= 4 is 29.7 Å². The lowest BCUT2D eigenvalue weighted by Gasteiger charge is -2.18. The normalized spacial score (nSPS) is 11.7. The van der Waals surface area contributed by atoms with Crippen molar-refractivity contribution in [3.63, 3.8) is 0 Å². The maximum Gasteiger partial charge on any atom is 0.238 e. The molecule has 0 aliphatic carbocycles. The van der Waals surface area contributed by atoms with E-state index in [0.717, 1.165) is 11.4 Å². The molecule has 0 saturated carbocycles. The number of halogens is 1. The fourth-order valence-corrected chi connectivity index (χ4v) is 1.71. The van der Waals surface area contributed by atoms with E-state index in [9.17, 15) is 4.79 Å². The van der Waals surface area contributed by atoms with Gasteiger partial charge in [0.25, 0.3) is 0 Å². The van der Waals surface area contributed by atoms with Crippen molar-refractivity contribution in [3.05, 3.63) is 16.6 Å². The molecule has 0 aliphatic heterocycles. The summed E-state index contributed by atoms with van der Waals surface area (Å²) >= 11 is 1.60. The van der Waals surface area contributed by atoms with E-state index in [-0.39, 0.29) is 18.3 Å². The quantitative estimate of drug-likeness (QED) is 0.863. The summed E-state index contributed by atoms with van der Waals surface area (Å²) < 4.78 is 0. The van der Waals surface area contributed by atoms with E-state index in [1.54, 1.807) is 36.4 Å². The largest absolute Gasteiger partial charge is 0.344 e. The van der Waals surface area contributed by atoms with Crippen LogP contribution in [0.4, 0.5) is 0 Å². The first kappa shape index (κ1) is 14.3. The first-order chi connectivity index (χ1) is 6.61. The summed E-state index contributed by atoms with van der Waals surface area (Å²) in [6, 6.07) is -0.420. The van der Waals surface area contributed by atoms with Crippen LogP contribution in [0.3, 0.4) is 0 Å². The number of carbonyl (C=O) groups excluding carboxylic acids is 1. The molecule has 1 rings (SSSR count). The molecule has 6 heteroatoms. The predicted octanol–water partition coefficient (Wildman–Crippen LogP) is 0.913. The molecule has 1 aromatic rings.